The molecule has 0 aliphatic heterocycles. The zero-order valence-corrected chi connectivity index (χ0v) is 11.1. The number of ether oxygens (including phenoxy) is 2. The average Bonchev–Trinajstić information content (AvgIpc) is 2.48. The largest absolute Gasteiger partial charge is 0.513 e. The minimum atomic E-state index is -0.711. The van der Waals surface area contributed by atoms with Crippen molar-refractivity contribution in [1.29, 1.82) is 0 Å². The van der Waals surface area contributed by atoms with E-state index in [1.807, 2.05) is 13.8 Å². The van der Waals surface area contributed by atoms with Gasteiger partial charge in [-0.15, -0.1) is 23.7 Å². The molecule has 0 amide bonds. The Balaban J connectivity index is 0.00000225. The van der Waals surface area contributed by atoms with Gasteiger partial charge in [-0.1, -0.05) is 13.8 Å². The topological polar surface area (TPSA) is 61.5 Å². The smallest absolute Gasteiger partial charge is 0.434 e. The molecule has 4 nitrogen and oxygen atoms in total. The third-order valence-corrected chi connectivity index (χ3v) is 3.08. The molecular weight excluding hydrogens is 250 g/mol. The molecule has 92 valence electrons. The van der Waals surface area contributed by atoms with Gasteiger partial charge >= 0.3 is 6.16 Å². The van der Waals surface area contributed by atoms with Gasteiger partial charge in [0.25, 0.3) is 0 Å². The molecule has 0 spiro atoms. The van der Waals surface area contributed by atoms with Crippen molar-refractivity contribution in [2.45, 2.75) is 26.7 Å². The van der Waals surface area contributed by atoms with Crippen molar-refractivity contribution < 1.29 is 14.3 Å². The van der Waals surface area contributed by atoms with Crippen LogP contribution in [0.4, 0.5) is 10.5 Å². The molecule has 0 bridgehead atoms. The van der Waals surface area contributed by atoms with E-state index >= 15 is 0 Å². The van der Waals surface area contributed by atoms with Crippen LogP contribution in [0.15, 0.2) is 5.38 Å². The van der Waals surface area contributed by atoms with Gasteiger partial charge in [-0.3, -0.25) is 0 Å². The van der Waals surface area contributed by atoms with Crippen molar-refractivity contribution in [3.63, 3.8) is 0 Å². The fourth-order valence-corrected chi connectivity index (χ4v) is 2.04. The summed E-state index contributed by atoms with van der Waals surface area (Å²) in [5.41, 5.74) is 6.36. The molecule has 0 radical (unpaired) electrons. The Labute approximate surface area is 105 Å². The van der Waals surface area contributed by atoms with Crippen LogP contribution < -0.4 is 10.5 Å². The molecule has 0 atom stereocenters. The highest BCUT2D eigenvalue weighted by Gasteiger charge is 2.15. The van der Waals surface area contributed by atoms with Gasteiger partial charge in [0, 0.05) is 10.3 Å². The van der Waals surface area contributed by atoms with Crippen LogP contribution in [0.3, 0.4) is 0 Å². The molecule has 0 aromatic carbocycles. The number of nitrogens with two attached hydrogens (primary N) is 1. The van der Waals surface area contributed by atoms with Gasteiger partial charge in [-0.25, -0.2) is 4.79 Å². The molecule has 16 heavy (non-hydrogen) atoms. The molecule has 1 heterocycles. The van der Waals surface area contributed by atoms with Gasteiger partial charge in [0.05, 0.1) is 12.3 Å². The average molecular weight is 266 g/mol. The summed E-state index contributed by atoms with van der Waals surface area (Å²) < 4.78 is 9.60. The number of hydrogen-bond acceptors (Lipinski definition) is 5. The summed E-state index contributed by atoms with van der Waals surface area (Å²) in [6, 6.07) is 0. The van der Waals surface area contributed by atoms with E-state index in [1.165, 1.54) is 11.3 Å². The van der Waals surface area contributed by atoms with Gasteiger partial charge in [0.15, 0.2) is 5.75 Å². The number of nitrogen functional groups attached to an aromatic ring is 1. The second-order valence-corrected chi connectivity index (χ2v) is 4.23. The summed E-state index contributed by atoms with van der Waals surface area (Å²) in [4.78, 5) is 12.1. The fraction of sp³-hybridized carbons (Fsp3) is 0.500. The molecule has 1 aromatic rings. The van der Waals surface area contributed by atoms with E-state index in [1.54, 1.807) is 12.3 Å². The summed E-state index contributed by atoms with van der Waals surface area (Å²) in [5, 5.41) is 1.72. The Bertz CT molecular complexity index is 352. The first-order chi connectivity index (χ1) is 7.06. The number of carbonyl (C=O) groups excluding carboxylic acids is 1. The maximum Gasteiger partial charge on any atom is 0.513 e. The first kappa shape index (κ1) is 15.1. The third kappa shape index (κ3) is 3.57. The second-order valence-electron chi connectivity index (χ2n) is 3.32. The molecule has 1 rings (SSSR count). The lowest BCUT2D eigenvalue weighted by molar-refractivity contribution is 0.104. The lowest BCUT2D eigenvalue weighted by Gasteiger charge is -2.05. The number of anilines is 1. The highest BCUT2D eigenvalue weighted by molar-refractivity contribution is 7.11. The monoisotopic (exact) mass is 265 g/mol. The fourth-order valence-electron chi connectivity index (χ4n) is 1.13. The quantitative estimate of drug-likeness (QED) is 0.851. The van der Waals surface area contributed by atoms with E-state index in [2.05, 4.69) is 4.74 Å². The maximum absolute atomic E-state index is 11.0. The lowest BCUT2D eigenvalue weighted by Crippen LogP contribution is -2.10. The van der Waals surface area contributed by atoms with E-state index in [0.29, 0.717) is 24.0 Å². The highest BCUT2D eigenvalue weighted by atomic mass is 35.5. The zero-order valence-electron chi connectivity index (χ0n) is 9.48. The Morgan fingerprint density at radius 2 is 2.19 bits per heavy atom. The van der Waals surface area contributed by atoms with E-state index in [0.717, 1.165) is 4.88 Å². The van der Waals surface area contributed by atoms with Crippen molar-refractivity contribution in [2.24, 2.45) is 0 Å². The number of thiophene rings is 1. The van der Waals surface area contributed by atoms with Gasteiger partial charge in [0.2, 0.25) is 0 Å². The van der Waals surface area contributed by atoms with Gasteiger partial charge in [0.1, 0.15) is 0 Å². The van der Waals surface area contributed by atoms with Crippen molar-refractivity contribution in [1.82, 2.24) is 0 Å². The van der Waals surface area contributed by atoms with Crippen LogP contribution >= 0.6 is 23.7 Å². The number of halogens is 1. The first-order valence-electron chi connectivity index (χ1n) is 4.77. The van der Waals surface area contributed by atoms with Gasteiger partial charge in [-0.05, 0) is 12.8 Å². The second kappa shape index (κ2) is 6.60. The third-order valence-electron chi connectivity index (χ3n) is 1.80. The van der Waals surface area contributed by atoms with E-state index in [9.17, 15) is 4.79 Å². The van der Waals surface area contributed by atoms with Crippen molar-refractivity contribution in [3.8, 4) is 5.75 Å². The Kier molecular flexibility index (Phi) is 6.21. The van der Waals surface area contributed by atoms with Crippen LogP contribution in [0.5, 0.6) is 5.75 Å². The zero-order chi connectivity index (χ0) is 11.4. The van der Waals surface area contributed by atoms with Crippen LogP contribution in [0, 0.1) is 0 Å². The predicted molar refractivity (Wildman–Crippen MR) is 67.7 cm³/mol. The van der Waals surface area contributed by atoms with Crippen molar-refractivity contribution in [3.05, 3.63) is 10.3 Å². The van der Waals surface area contributed by atoms with Crippen LogP contribution in [-0.2, 0) is 4.74 Å². The summed E-state index contributed by atoms with van der Waals surface area (Å²) in [7, 11) is 0. The minimum absolute atomic E-state index is 0. The summed E-state index contributed by atoms with van der Waals surface area (Å²) in [6.07, 6.45) is -0.711. The Morgan fingerprint density at radius 3 is 2.62 bits per heavy atom. The van der Waals surface area contributed by atoms with Crippen molar-refractivity contribution >= 4 is 35.6 Å². The van der Waals surface area contributed by atoms with Crippen LogP contribution in [0.2, 0.25) is 0 Å². The molecule has 0 aliphatic carbocycles. The van der Waals surface area contributed by atoms with Crippen molar-refractivity contribution in [2.75, 3.05) is 12.3 Å². The molecule has 0 fully saturated rings. The lowest BCUT2D eigenvalue weighted by atomic mass is 10.1. The first-order valence-corrected chi connectivity index (χ1v) is 5.65. The molecule has 6 heteroatoms. The van der Waals surface area contributed by atoms with Crippen LogP contribution in [0.25, 0.3) is 0 Å². The summed E-state index contributed by atoms with van der Waals surface area (Å²) in [5.74, 6) is 0.719. The molecular formula is C10H16ClNO3S. The summed E-state index contributed by atoms with van der Waals surface area (Å²) >= 11 is 1.49. The Hall–Kier alpha value is -0.940. The van der Waals surface area contributed by atoms with E-state index < -0.39 is 6.16 Å². The summed E-state index contributed by atoms with van der Waals surface area (Å²) in [6.45, 7) is 6.09. The maximum atomic E-state index is 11.0. The van der Waals surface area contributed by atoms with E-state index in [-0.39, 0.29) is 12.4 Å². The predicted octanol–water partition coefficient (Wildman–Crippen LogP) is 3.41. The van der Waals surface area contributed by atoms with Crippen LogP contribution in [0.1, 0.15) is 31.6 Å². The molecule has 1 aromatic heterocycles. The Morgan fingerprint density at radius 1 is 1.56 bits per heavy atom. The minimum Gasteiger partial charge on any atom is -0.434 e. The molecule has 0 unspecified atom stereocenters. The van der Waals surface area contributed by atoms with Gasteiger partial charge in [-0.2, -0.15) is 0 Å². The number of carbonyl (C=O) groups is 1. The SMILES string of the molecule is CCOC(=O)Oc1csc(C(C)C)c1N.Cl. The number of rotatable bonds is 3. The molecule has 0 aliphatic rings. The number of hydrogen-bond donors (Lipinski definition) is 1. The van der Waals surface area contributed by atoms with Gasteiger partial charge < -0.3 is 15.2 Å². The van der Waals surface area contributed by atoms with Crippen LogP contribution in [-0.4, -0.2) is 12.8 Å². The standard InChI is InChI=1S/C10H15NO3S.ClH/c1-4-13-10(12)14-7-5-15-9(6(2)3)8(7)11;/h5-6H,4,11H2,1-3H3;1H. The van der Waals surface area contributed by atoms with E-state index in [4.69, 9.17) is 10.5 Å². The molecule has 0 saturated carbocycles. The highest BCUT2D eigenvalue weighted by Crippen LogP contribution is 2.37. The normalized spacial score (nSPS) is 9.75. The molecule has 0 saturated heterocycles. The molecule has 2 N–H and O–H groups in total.